The Morgan fingerprint density at radius 1 is 1.07 bits per heavy atom. The zero-order chi connectivity index (χ0) is 10.1. The summed E-state index contributed by atoms with van der Waals surface area (Å²) in [6.45, 7) is 0. The Morgan fingerprint density at radius 3 is 2.53 bits per heavy atom. The molecule has 1 aromatic carbocycles. The molecule has 0 amide bonds. The van der Waals surface area contributed by atoms with Crippen LogP contribution in [0.2, 0.25) is 0 Å². The zero-order valence-electron chi connectivity index (χ0n) is 8.63. The van der Waals surface area contributed by atoms with Gasteiger partial charge in [0.1, 0.15) is 0 Å². The molecule has 15 heavy (non-hydrogen) atoms. The van der Waals surface area contributed by atoms with E-state index in [1.165, 1.54) is 25.0 Å². The lowest BCUT2D eigenvalue weighted by Gasteiger charge is -2.22. The number of hydrogen-bond acceptors (Lipinski definition) is 1. The van der Waals surface area contributed by atoms with Crippen LogP contribution in [0.3, 0.4) is 0 Å². The molecule has 0 bridgehead atoms. The third-order valence-electron chi connectivity index (χ3n) is 3.15. The molecule has 0 N–H and O–H groups in total. The first-order valence-electron chi connectivity index (χ1n) is 5.54. The normalized spacial score (nSPS) is 16.3. The minimum atomic E-state index is 0.718. The summed E-state index contributed by atoms with van der Waals surface area (Å²) in [5, 5.41) is 4.62. The molecule has 1 fully saturated rings. The van der Waals surface area contributed by atoms with Gasteiger partial charge in [-0.25, -0.2) is 4.68 Å². The van der Waals surface area contributed by atoms with Gasteiger partial charge in [0.15, 0.2) is 0 Å². The van der Waals surface area contributed by atoms with Crippen LogP contribution >= 0.6 is 0 Å². The van der Waals surface area contributed by atoms with E-state index in [-0.39, 0.29) is 0 Å². The Balaban J connectivity index is 1.90. The first-order valence-corrected chi connectivity index (χ1v) is 5.54. The molecular formula is C13H14N2. The summed E-state index contributed by atoms with van der Waals surface area (Å²) < 4.78 is 1.97. The fourth-order valence-electron chi connectivity index (χ4n) is 1.98. The lowest BCUT2D eigenvalue weighted by molar-refractivity contribution is 0.409. The maximum Gasteiger partial charge on any atom is 0.0659 e. The van der Waals surface area contributed by atoms with E-state index in [4.69, 9.17) is 0 Å². The topological polar surface area (TPSA) is 17.8 Å². The standard InChI is InChI=1S/C13H14N2/c1-2-7-12(8-3-1)15-10-9-13(14-15)11-5-4-6-11/h1-3,7-11H,4-6H2. The molecule has 0 atom stereocenters. The Bertz CT molecular complexity index is 441. The molecule has 0 saturated heterocycles. The van der Waals surface area contributed by atoms with E-state index < -0.39 is 0 Å². The van der Waals surface area contributed by atoms with Gasteiger partial charge < -0.3 is 0 Å². The Morgan fingerprint density at radius 2 is 1.87 bits per heavy atom. The van der Waals surface area contributed by atoms with E-state index in [1.54, 1.807) is 0 Å². The van der Waals surface area contributed by atoms with Crippen molar-refractivity contribution in [3.05, 3.63) is 48.3 Å². The summed E-state index contributed by atoms with van der Waals surface area (Å²) in [7, 11) is 0. The average molecular weight is 198 g/mol. The van der Waals surface area contributed by atoms with Crippen LogP contribution in [0.5, 0.6) is 0 Å². The van der Waals surface area contributed by atoms with Crippen molar-refractivity contribution in [2.75, 3.05) is 0 Å². The predicted molar refractivity (Wildman–Crippen MR) is 60.2 cm³/mol. The molecular weight excluding hydrogens is 184 g/mol. The van der Waals surface area contributed by atoms with Crippen LogP contribution in [0, 0.1) is 0 Å². The van der Waals surface area contributed by atoms with Crippen molar-refractivity contribution in [2.45, 2.75) is 25.2 Å². The van der Waals surface area contributed by atoms with Crippen molar-refractivity contribution >= 4 is 0 Å². The van der Waals surface area contributed by atoms with Gasteiger partial charge in [-0.05, 0) is 31.0 Å². The van der Waals surface area contributed by atoms with Crippen molar-refractivity contribution in [1.82, 2.24) is 9.78 Å². The second kappa shape index (κ2) is 3.54. The van der Waals surface area contributed by atoms with Gasteiger partial charge in [0.05, 0.1) is 11.4 Å². The summed E-state index contributed by atoms with van der Waals surface area (Å²) in [4.78, 5) is 0. The first-order chi connectivity index (χ1) is 7.43. The molecule has 1 heterocycles. The van der Waals surface area contributed by atoms with Crippen molar-refractivity contribution in [3.8, 4) is 5.69 Å². The quantitative estimate of drug-likeness (QED) is 0.724. The minimum Gasteiger partial charge on any atom is -0.241 e. The highest BCUT2D eigenvalue weighted by Crippen LogP contribution is 2.35. The Labute approximate surface area is 89.5 Å². The van der Waals surface area contributed by atoms with Crippen LogP contribution in [0.25, 0.3) is 5.69 Å². The highest BCUT2D eigenvalue weighted by Gasteiger charge is 2.21. The van der Waals surface area contributed by atoms with Gasteiger partial charge in [0.25, 0.3) is 0 Å². The van der Waals surface area contributed by atoms with E-state index in [0.29, 0.717) is 0 Å². The van der Waals surface area contributed by atoms with Gasteiger partial charge in [-0.2, -0.15) is 5.10 Å². The molecule has 1 aromatic heterocycles. The fraction of sp³-hybridized carbons (Fsp3) is 0.308. The third-order valence-corrected chi connectivity index (χ3v) is 3.15. The highest BCUT2D eigenvalue weighted by molar-refractivity contribution is 5.30. The molecule has 1 aliphatic rings. The summed E-state index contributed by atoms with van der Waals surface area (Å²) in [6.07, 6.45) is 6.05. The van der Waals surface area contributed by atoms with Crippen molar-refractivity contribution in [1.29, 1.82) is 0 Å². The molecule has 0 unspecified atom stereocenters. The first kappa shape index (κ1) is 8.72. The smallest absolute Gasteiger partial charge is 0.0659 e. The van der Waals surface area contributed by atoms with Crippen LogP contribution in [0.15, 0.2) is 42.6 Å². The molecule has 76 valence electrons. The Kier molecular flexibility index (Phi) is 2.05. The van der Waals surface area contributed by atoms with Crippen molar-refractivity contribution in [2.24, 2.45) is 0 Å². The van der Waals surface area contributed by atoms with Crippen molar-refractivity contribution in [3.63, 3.8) is 0 Å². The second-order valence-electron chi connectivity index (χ2n) is 4.15. The maximum absolute atomic E-state index is 4.62. The number of para-hydroxylation sites is 1. The average Bonchev–Trinajstić information content (AvgIpc) is 2.66. The molecule has 3 rings (SSSR count). The van der Waals surface area contributed by atoms with Crippen LogP contribution < -0.4 is 0 Å². The van der Waals surface area contributed by atoms with E-state index in [0.717, 1.165) is 11.6 Å². The molecule has 2 heteroatoms. The van der Waals surface area contributed by atoms with Gasteiger partial charge in [0.2, 0.25) is 0 Å². The van der Waals surface area contributed by atoms with E-state index in [1.807, 2.05) is 22.9 Å². The summed E-state index contributed by atoms with van der Waals surface area (Å²) >= 11 is 0. The third kappa shape index (κ3) is 1.56. The van der Waals surface area contributed by atoms with Gasteiger partial charge in [0, 0.05) is 12.1 Å². The highest BCUT2D eigenvalue weighted by atomic mass is 15.3. The summed E-state index contributed by atoms with van der Waals surface area (Å²) in [5.41, 5.74) is 2.40. The number of nitrogens with zero attached hydrogens (tertiary/aromatic N) is 2. The van der Waals surface area contributed by atoms with Crippen LogP contribution in [-0.2, 0) is 0 Å². The van der Waals surface area contributed by atoms with E-state index in [2.05, 4.69) is 29.5 Å². The number of rotatable bonds is 2. The van der Waals surface area contributed by atoms with E-state index >= 15 is 0 Å². The van der Waals surface area contributed by atoms with Gasteiger partial charge in [-0.1, -0.05) is 24.6 Å². The Hall–Kier alpha value is -1.57. The molecule has 2 nitrogen and oxygen atoms in total. The fourth-order valence-corrected chi connectivity index (χ4v) is 1.98. The maximum atomic E-state index is 4.62. The number of benzene rings is 1. The van der Waals surface area contributed by atoms with Crippen LogP contribution in [0.1, 0.15) is 30.9 Å². The van der Waals surface area contributed by atoms with Gasteiger partial charge in [-0.15, -0.1) is 0 Å². The lowest BCUT2D eigenvalue weighted by atomic mass is 9.83. The lowest BCUT2D eigenvalue weighted by Crippen LogP contribution is -2.09. The molecule has 0 radical (unpaired) electrons. The molecule has 0 spiro atoms. The number of aromatic nitrogens is 2. The monoisotopic (exact) mass is 198 g/mol. The molecule has 1 saturated carbocycles. The van der Waals surface area contributed by atoms with Gasteiger partial charge in [-0.3, -0.25) is 0 Å². The summed E-state index contributed by atoms with van der Waals surface area (Å²) in [5.74, 6) is 0.718. The van der Waals surface area contributed by atoms with Crippen LogP contribution in [-0.4, -0.2) is 9.78 Å². The SMILES string of the molecule is c1ccc(-n2ccc(C3CCC3)n2)cc1. The molecule has 2 aromatic rings. The van der Waals surface area contributed by atoms with Crippen LogP contribution in [0.4, 0.5) is 0 Å². The van der Waals surface area contributed by atoms with E-state index in [9.17, 15) is 0 Å². The number of hydrogen-bond donors (Lipinski definition) is 0. The largest absolute Gasteiger partial charge is 0.241 e. The second-order valence-corrected chi connectivity index (χ2v) is 4.15. The minimum absolute atomic E-state index is 0.718. The molecule has 1 aliphatic carbocycles. The molecule has 0 aliphatic heterocycles. The van der Waals surface area contributed by atoms with Crippen molar-refractivity contribution < 1.29 is 0 Å². The summed E-state index contributed by atoms with van der Waals surface area (Å²) in [6, 6.07) is 12.4. The van der Waals surface area contributed by atoms with Gasteiger partial charge >= 0.3 is 0 Å². The zero-order valence-corrected chi connectivity index (χ0v) is 8.63. The predicted octanol–water partition coefficient (Wildman–Crippen LogP) is 3.14.